The van der Waals surface area contributed by atoms with Gasteiger partial charge in [0.25, 0.3) is 0 Å². The second-order valence-electron chi connectivity index (χ2n) is 11.4. The van der Waals surface area contributed by atoms with E-state index >= 15 is 0 Å². The molecule has 1 unspecified atom stereocenters. The zero-order chi connectivity index (χ0) is 25.9. The molecule has 1 atom stereocenters. The van der Waals surface area contributed by atoms with Crippen molar-refractivity contribution in [3.63, 3.8) is 0 Å². The van der Waals surface area contributed by atoms with Gasteiger partial charge in [-0.3, -0.25) is 0 Å². The molecule has 0 saturated carbocycles. The molecule has 4 aromatic rings. The third kappa shape index (κ3) is 4.20. The maximum absolute atomic E-state index is 7.85. The number of hydrogen-bond donors (Lipinski definition) is 0. The number of hydrogen-bond acceptors (Lipinski definition) is 0. The number of allylic oxidation sites excluding steroid dienone is 1. The van der Waals surface area contributed by atoms with Gasteiger partial charge in [-0.1, -0.05) is 0 Å². The van der Waals surface area contributed by atoms with E-state index in [1.54, 1.807) is 0 Å². The molecule has 0 spiro atoms. The molecule has 6 rings (SSSR count). The molecule has 0 aromatic heterocycles. The summed E-state index contributed by atoms with van der Waals surface area (Å²) in [6.45, 7) is 9.19. The second-order valence-corrected chi connectivity index (χ2v) is 27.2. The standard InChI is InChI=1S/C21H23.C12H9Si.2ClH.Zr/c1-5-15-11-12-17-13-18(21(2,3)4)14-19(17)20(15)16-9-7-6-8-10-16;1-3-7-11-9(5-1)10-6-2-4-8-12(10)13-11;;;/h6-14H,5H2,1-4H3;1-7H,13H2;2*1H;/q;;;;+2/p-2. The quantitative estimate of drug-likeness (QED) is 0.186. The van der Waals surface area contributed by atoms with Crippen molar-refractivity contribution in [1.82, 2.24) is 0 Å². The van der Waals surface area contributed by atoms with Crippen LogP contribution in [0.15, 0.2) is 90.5 Å². The van der Waals surface area contributed by atoms with E-state index in [1.807, 2.05) is 0 Å². The summed E-state index contributed by atoms with van der Waals surface area (Å²) in [6, 6.07) is 31.1. The van der Waals surface area contributed by atoms with Crippen LogP contribution in [0.1, 0.15) is 48.0 Å². The van der Waals surface area contributed by atoms with Crippen molar-refractivity contribution >= 4 is 46.3 Å². The molecule has 0 radical (unpaired) electrons. The van der Waals surface area contributed by atoms with Gasteiger partial charge in [-0.25, -0.2) is 0 Å². The van der Waals surface area contributed by atoms with Crippen molar-refractivity contribution in [2.45, 2.75) is 37.7 Å². The molecule has 0 N–H and O–H groups in total. The van der Waals surface area contributed by atoms with E-state index in [4.69, 9.17) is 17.0 Å². The van der Waals surface area contributed by atoms with Crippen molar-refractivity contribution in [3.05, 3.63) is 107 Å². The van der Waals surface area contributed by atoms with Gasteiger partial charge in [-0.2, -0.15) is 0 Å². The van der Waals surface area contributed by atoms with E-state index in [-0.39, 0.29) is 9.04 Å². The van der Waals surface area contributed by atoms with Crippen LogP contribution < -0.4 is 13.6 Å². The SMILES string of the molecule is CCc1ccc2c(c1-c1ccccc1)C=C(C(C)(C)C)[CH]2[Zr]([Cl])([Cl])[c]1cccc2c1[SiH2]c1ccccc1-2. The number of fused-ring (bicyclic) bond motifs is 4. The summed E-state index contributed by atoms with van der Waals surface area (Å²) in [6.07, 6.45) is 3.44. The maximum atomic E-state index is 7.85. The van der Waals surface area contributed by atoms with Crippen LogP contribution in [0, 0.1) is 5.41 Å². The third-order valence-electron chi connectivity index (χ3n) is 8.17. The molecule has 0 bridgehead atoms. The first-order valence-corrected chi connectivity index (χ1v) is 23.6. The summed E-state index contributed by atoms with van der Waals surface area (Å²) >= 11 is -4.00. The Balaban J connectivity index is 1.57. The van der Waals surface area contributed by atoms with Crippen LogP contribution in [0.3, 0.4) is 0 Å². The number of rotatable bonds is 4. The molecular weight excluding hydrogens is 587 g/mol. The summed E-state index contributed by atoms with van der Waals surface area (Å²) < 4.78 is 1.39. The van der Waals surface area contributed by atoms with E-state index in [9.17, 15) is 0 Å². The fourth-order valence-corrected chi connectivity index (χ4v) is 23.5. The van der Waals surface area contributed by atoms with Crippen molar-refractivity contribution in [1.29, 1.82) is 0 Å². The van der Waals surface area contributed by atoms with Gasteiger partial charge in [0.15, 0.2) is 0 Å². The van der Waals surface area contributed by atoms with Crippen LogP contribution in [-0.4, -0.2) is 9.52 Å². The summed E-state index contributed by atoms with van der Waals surface area (Å²) in [5, 5.41) is 3.00. The van der Waals surface area contributed by atoms with Crippen LogP contribution in [0.2, 0.25) is 0 Å². The summed E-state index contributed by atoms with van der Waals surface area (Å²) in [7, 11) is 15.1. The molecule has 37 heavy (non-hydrogen) atoms. The van der Waals surface area contributed by atoms with Crippen LogP contribution in [0.25, 0.3) is 28.3 Å². The molecule has 4 aromatic carbocycles. The number of aryl methyl sites for hydroxylation is 1. The minimum atomic E-state index is -4.00. The first kappa shape index (κ1) is 25.6. The van der Waals surface area contributed by atoms with E-state index in [0.717, 1.165) is 6.42 Å². The summed E-state index contributed by atoms with van der Waals surface area (Å²) in [4.78, 5) is 0. The monoisotopic (exact) mass is 616 g/mol. The predicted octanol–water partition coefficient (Wildman–Crippen LogP) is 7.29. The van der Waals surface area contributed by atoms with E-state index in [1.165, 1.54) is 58.2 Å². The van der Waals surface area contributed by atoms with Crippen LogP contribution in [-0.2, 0) is 24.3 Å². The summed E-state index contributed by atoms with van der Waals surface area (Å²) in [5.41, 5.74) is 10.8. The fraction of sp³-hybridized carbons (Fsp3) is 0.212. The van der Waals surface area contributed by atoms with Gasteiger partial charge in [-0.05, 0) is 0 Å². The average Bonchev–Trinajstić information content (AvgIpc) is 3.48. The number of benzene rings is 4. The van der Waals surface area contributed by atoms with Crippen LogP contribution in [0.4, 0.5) is 0 Å². The minimum absolute atomic E-state index is 0.0334. The van der Waals surface area contributed by atoms with E-state index in [0.29, 0.717) is 0 Å². The first-order chi connectivity index (χ1) is 17.7. The molecule has 1 aliphatic carbocycles. The zero-order valence-electron chi connectivity index (χ0n) is 21.9. The third-order valence-corrected chi connectivity index (χ3v) is 22.4. The van der Waals surface area contributed by atoms with Crippen molar-refractivity contribution in [3.8, 4) is 22.3 Å². The molecular formula is C33H32Cl2SiZr. The number of halogens is 2. The molecule has 0 saturated heterocycles. The molecule has 2 aliphatic rings. The topological polar surface area (TPSA) is 0 Å². The van der Waals surface area contributed by atoms with Crippen LogP contribution >= 0.6 is 17.0 Å². The van der Waals surface area contributed by atoms with Crippen molar-refractivity contribution in [2.24, 2.45) is 5.41 Å². The summed E-state index contributed by atoms with van der Waals surface area (Å²) in [5.74, 6) is 0. The molecule has 0 fully saturated rings. The zero-order valence-corrected chi connectivity index (χ0v) is 27.3. The van der Waals surface area contributed by atoms with Gasteiger partial charge >= 0.3 is 237 Å². The van der Waals surface area contributed by atoms with E-state index < -0.39 is 27.4 Å². The van der Waals surface area contributed by atoms with Gasteiger partial charge < -0.3 is 0 Å². The Morgan fingerprint density at radius 2 is 1.51 bits per heavy atom. The molecule has 1 heterocycles. The van der Waals surface area contributed by atoms with Crippen molar-refractivity contribution in [2.75, 3.05) is 0 Å². The van der Waals surface area contributed by atoms with Gasteiger partial charge in [0.05, 0.1) is 0 Å². The normalized spacial score (nSPS) is 16.9. The molecule has 186 valence electrons. The molecule has 0 nitrogen and oxygen atoms in total. The Bertz CT molecular complexity index is 1550. The molecule has 4 heteroatoms. The Morgan fingerprint density at radius 3 is 2.24 bits per heavy atom. The van der Waals surface area contributed by atoms with Gasteiger partial charge in [0.1, 0.15) is 0 Å². The molecule has 1 aliphatic heterocycles. The second kappa shape index (κ2) is 9.49. The Morgan fingerprint density at radius 1 is 0.811 bits per heavy atom. The van der Waals surface area contributed by atoms with Gasteiger partial charge in [-0.15, -0.1) is 0 Å². The Labute approximate surface area is 235 Å². The Hall–Kier alpha value is -1.70. The average molecular weight is 619 g/mol. The van der Waals surface area contributed by atoms with Gasteiger partial charge in [0.2, 0.25) is 0 Å². The first-order valence-electron chi connectivity index (χ1n) is 13.2. The van der Waals surface area contributed by atoms with Crippen molar-refractivity contribution < 1.29 is 17.9 Å². The Kier molecular flexibility index (Phi) is 6.56. The fourth-order valence-electron chi connectivity index (χ4n) is 6.40. The van der Waals surface area contributed by atoms with Gasteiger partial charge in [0, 0.05) is 0 Å². The van der Waals surface area contributed by atoms with E-state index in [2.05, 4.69) is 119 Å². The van der Waals surface area contributed by atoms with Crippen LogP contribution in [0.5, 0.6) is 0 Å². The molecule has 0 amide bonds. The predicted molar refractivity (Wildman–Crippen MR) is 162 cm³/mol.